The first-order valence-corrected chi connectivity index (χ1v) is 9.00. The summed E-state index contributed by atoms with van der Waals surface area (Å²) in [7, 11) is 0. The van der Waals surface area contributed by atoms with Crippen LogP contribution in [0.5, 0.6) is 0 Å². The average Bonchev–Trinajstić information content (AvgIpc) is 2.69. The van der Waals surface area contributed by atoms with Gasteiger partial charge in [-0.25, -0.2) is 0 Å². The van der Waals surface area contributed by atoms with Crippen LogP contribution in [-0.4, -0.2) is 12.4 Å². The van der Waals surface area contributed by atoms with Crippen molar-refractivity contribution in [1.82, 2.24) is 0 Å². The third-order valence-electron chi connectivity index (χ3n) is 5.20. The molecule has 1 fully saturated rings. The first kappa shape index (κ1) is 15.9. The predicted octanol–water partition coefficient (Wildman–Crippen LogP) is 5.41. The molecule has 126 valence electrons. The second kappa shape index (κ2) is 7.10. The summed E-state index contributed by atoms with van der Waals surface area (Å²) in [6.45, 7) is 0.733. The Hall–Kier alpha value is -2.61. The van der Waals surface area contributed by atoms with Gasteiger partial charge in [-0.1, -0.05) is 54.6 Å². The summed E-state index contributed by atoms with van der Waals surface area (Å²) in [6, 6.07) is 12.8. The minimum absolute atomic E-state index is 0.110. The summed E-state index contributed by atoms with van der Waals surface area (Å²) in [6.07, 6.45) is 14.9. The summed E-state index contributed by atoms with van der Waals surface area (Å²) >= 11 is 0. The van der Waals surface area contributed by atoms with Crippen LogP contribution in [0.3, 0.4) is 0 Å². The van der Waals surface area contributed by atoms with E-state index in [-0.39, 0.29) is 5.92 Å². The Labute approximate surface area is 148 Å². The van der Waals surface area contributed by atoms with Crippen molar-refractivity contribution >= 4 is 22.6 Å². The molecule has 1 saturated carbocycles. The molecule has 3 aliphatic rings. The second-order valence-electron chi connectivity index (χ2n) is 6.74. The Morgan fingerprint density at radius 1 is 1.04 bits per heavy atom. The number of fused-ring (bicyclic) bond motifs is 5. The largest absolute Gasteiger partial charge is 0.497 e. The van der Waals surface area contributed by atoms with Gasteiger partial charge in [-0.2, -0.15) is 0 Å². The van der Waals surface area contributed by atoms with E-state index >= 15 is 0 Å². The molecule has 0 aromatic heterocycles. The average molecular weight is 330 g/mol. The van der Waals surface area contributed by atoms with Gasteiger partial charge in [-0.15, -0.1) is 0 Å². The molecule has 2 aromatic rings. The van der Waals surface area contributed by atoms with E-state index in [2.05, 4.69) is 48.6 Å². The van der Waals surface area contributed by atoms with Crippen LogP contribution < -0.4 is 0 Å². The fourth-order valence-electron chi connectivity index (χ4n) is 4.02. The summed E-state index contributed by atoms with van der Waals surface area (Å²) in [5.41, 5.74) is 2.51. The van der Waals surface area contributed by atoms with Gasteiger partial charge in [0.2, 0.25) is 0 Å². The molecule has 25 heavy (non-hydrogen) atoms. The van der Waals surface area contributed by atoms with Gasteiger partial charge >= 0.3 is 0 Å². The standard InChI is InChI=1S/C18H16O.C5H6O/c19-17-7-3-5-13-9-10-15-14-6-2-1-4-12(14)8-11-16(15)18(13)17;1-2-4-6-5-3-1/h1-2,4,6,8-11,13,18H,3,5,7H2;1-4H,5H2. The van der Waals surface area contributed by atoms with E-state index in [1.165, 1.54) is 21.9 Å². The van der Waals surface area contributed by atoms with E-state index in [4.69, 9.17) is 4.74 Å². The van der Waals surface area contributed by atoms with E-state index in [0.29, 0.717) is 11.7 Å². The number of carbonyl (C=O) groups is 1. The first-order valence-electron chi connectivity index (χ1n) is 9.00. The molecule has 2 nitrogen and oxygen atoms in total. The lowest BCUT2D eigenvalue weighted by Gasteiger charge is -2.33. The molecular formula is C23H22O2. The van der Waals surface area contributed by atoms with E-state index < -0.39 is 0 Å². The van der Waals surface area contributed by atoms with Crippen molar-refractivity contribution < 1.29 is 9.53 Å². The van der Waals surface area contributed by atoms with Crippen LogP contribution in [0.2, 0.25) is 0 Å². The zero-order valence-electron chi connectivity index (χ0n) is 14.2. The molecular weight excluding hydrogens is 308 g/mol. The number of hydrogen-bond donors (Lipinski definition) is 0. The topological polar surface area (TPSA) is 26.3 Å². The molecule has 2 unspecified atom stereocenters. The first-order chi connectivity index (χ1) is 12.3. The maximum Gasteiger partial charge on any atom is 0.140 e. The van der Waals surface area contributed by atoms with E-state index in [0.717, 1.165) is 25.9 Å². The molecule has 2 aromatic carbocycles. The monoisotopic (exact) mass is 330 g/mol. The molecule has 2 atom stereocenters. The van der Waals surface area contributed by atoms with Gasteiger partial charge in [0.05, 0.1) is 6.26 Å². The van der Waals surface area contributed by atoms with Crippen molar-refractivity contribution in [3.63, 3.8) is 0 Å². The van der Waals surface area contributed by atoms with Crippen molar-refractivity contribution in [2.45, 2.75) is 25.2 Å². The van der Waals surface area contributed by atoms with Gasteiger partial charge < -0.3 is 4.74 Å². The maximum absolute atomic E-state index is 12.3. The van der Waals surface area contributed by atoms with Crippen LogP contribution in [-0.2, 0) is 9.53 Å². The van der Waals surface area contributed by atoms with Crippen LogP contribution in [0.25, 0.3) is 16.8 Å². The fourth-order valence-corrected chi connectivity index (χ4v) is 4.02. The molecule has 0 N–H and O–H groups in total. The van der Waals surface area contributed by atoms with Gasteiger partial charge in [0.25, 0.3) is 0 Å². The van der Waals surface area contributed by atoms with E-state index in [1.54, 1.807) is 6.26 Å². The zero-order valence-corrected chi connectivity index (χ0v) is 14.2. The molecule has 0 amide bonds. The molecule has 5 rings (SSSR count). The molecule has 0 radical (unpaired) electrons. The number of ketones is 1. The fraction of sp³-hybridized carbons (Fsp3) is 0.261. The zero-order chi connectivity index (χ0) is 17.1. The Morgan fingerprint density at radius 3 is 2.72 bits per heavy atom. The highest BCUT2D eigenvalue weighted by Crippen LogP contribution is 2.43. The number of ether oxygens (including phenoxy) is 1. The summed E-state index contributed by atoms with van der Waals surface area (Å²) in [4.78, 5) is 12.3. The summed E-state index contributed by atoms with van der Waals surface area (Å²) in [5.74, 6) is 0.963. The minimum Gasteiger partial charge on any atom is -0.497 e. The van der Waals surface area contributed by atoms with Crippen molar-refractivity contribution in [1.29, 1.82) is 0 Å². The lowest BCUT2D eigenvalue weighted by molar-refractivity contribution is -0.122. The SMILES string of the molecule is C1=CCOC=C1.O=C1CCCC2C=Cc3c(ccc4ccccc34)C12. The summed E-state index contributed by atoms with van der Waals surface area (Å²) in [5, 5.41) is 2.53. The molecule has 1 heterocycles. The molecule has 2 aliphatic carbocycles. The number of rotatable bonds is 0. The van der Waals surface area contributed by atoms with E-state index in [1.807, 2.05) is 18.2 Å². The summed E-state index contributed by atoms with van der Waals surface area (Å²) < 4.78 is 4.80. The van der Waals surface area contributed by atoms with Crippen molar-refractivity contribution in [3.8, 4) is 0 Å². The van der Waals surface area contributed by atoms with Crippen LogP contribution in [0, 0.1) is 5.92 Å². The number of allylic oxidation sites excluding steroid dienone is 3. The van der Waals surface area contributed by atoms with Crippen molar-refractivity contribution in [2.75, 3.05) is 6.61 Å². The number of benzene rings is 2. The van der Waals surface area contributed by atoms with Crippen LogP contribution in [0.1, 0.15) is 36.3 Å². The molecule has 0 saturated heterocycles. The molecule has 0 spiro atoms. The van der Waals surface area contributed by atoms with Gasteiger partial charge in [-0.3, -0.25) is 4.79 Å². The van der Waals surface area contributed by atoms with E-state index in [9.17, 15) is 4.79 Å². The van der Waals surface area contributed by atoms with Crippen LogP contribution in [0.4, 0.5) is 0 Å². The van der Waals surface area contributed by atoms with Crippen molar-refractivity contribution in [3.05, 3.63) is 78.1 Å². The molecule has 1 aliphatic heterocycles. The predicted molar refractivity (Wildman–Crippen MR) is 102 cm³/mol. The Morgan fingerprint density at radius 2 is 1.96 bits per heavy atom. The van der Waals surface area contributed by atoms with Gasteiger partial charge in [0.15, 0.2) is 0 Å². The molecule has 0 bridgehead atoms. The smallest absolute Gasteiger partial charge is 0.140 e. The highest BCUT2D eigenvalue weighted by molar-refractivity contribution is 5.97. The van der Waals surface area contributed by atoms with Gasteiger partial charge in [0, 0.05) is 12.3 Å². The second-order valence-corrected chi connectivity index (χ2v) is 6.74. The number of hydrogen-bond acceptors (Lipinski definition) is 2. The van der Waals surface area contributed by atoms with Crippen molar-refractivity contribution in [2.24, 2.45) is 5.92 Å². The van der Waals surface area contributed by atoms with Crippen LogP contribution in [0.15, 0.2) is 67.0 Å². The van der Waals surface area contributed by atoms with Crippen LogP contribution >= 0.6 is 0 Å². The quantitative estimate of drug-likeness (QED) is 0.646. The minimum atomic E-state index is 0.110. The lowest BCUT2D eigenvalue weighted by atomic mass is 9.70. The normalized spacial score (nSPS) is 23.3. The molecule has 2 heteroatoms. The lowest BCUT2D eigenvalue weighted by Crippen LogP contribution is -2.27. The maximum atomic E-state index is 12.3. The van der Waals surface area contributed by atoms with Gasteiger partial charge in [-0.05, 0) is 52.8 Å². The highest BCUT2D eigenvalue weighted by atomic mass is 16.5. The number of carbonyl (C=O) groups excluding carboxylic acids is 1. The number of Topliss-reactive ketones (excluding diaryl/α,β-unsaturated/α-hetero) is 1. The Balaban J connectivity index is 0.000000223. The highest BCUT2D eigenvalue weighted by Gasteiger charge is 2.35. The third kappa shape index (κ3) is 3.17. The third-order valence-corrected chi connectivity index (χ3v) is 5.20. The van der Waals surface area contributed by atoms with Gasteiger partial charge in [0.1, 0.15) is 12.4 Å². The Bertz CT molecular complexity index is 861. The Kier molecular flexibility index (Phi) is 4.51.